The molecule has 5 fully saturated rings. The number of aliphatic hydroxyl groups is 1. The molecule has 4 saturated carbocycles. The van der Waals surface area contributed by atoms with Crippen LogP contribution in [0.2, 0.25) is 0 Å². The van der Waals surface area contributed by atoms with Gasteiger partial charge in [0, 0.05) is 0 Å². The fourth-order valence-electron chi connectivity index (χ4n) is 9.62. The lowest BCUT2D eigenvalue weighted by molar-refractivity contribution is -0.220. The first-order chi connectivity index (χ1) is 13.7. The van der Waals surface area contributed by atoms with Gasteiger partial charge in [0.1, 0.15) is 0 Å². The summed E-state index contributed by atoms with van der Waals surface area (Å²) in [5.74, 6) is 4.28. The number of epoxide rings is 1. The highest BCUT2D eigenvalue weighted by molar-refractivity contribution is 5.18. The first-order valence-corrected chi connectivity index (χ1v) is 13.1. The molecule has 1 heterocycles. The van der Waals surface area contributed by atoms with Gasteiger partial charge in [0.15, 0.2) is 0 Å². The first kappa shape index (κ1) is 20.8. The van der Waals surface area contributed by atoms with Crippen LogP contribution >= 0.6 is 0 Å². The van der Waals surface area contributed by atoms with E-state index in [9.17, 15) is 5.11 Å². The third kappa shape index (κ3) is 3.09. The summed E-state index contributed by atoms with van der Waals surface area (Å²) < 4.78 is 5.98. The molecule has 0 bridgehead atoms. The van der Waals surface area contributed by atoms with E-state index < -0.39 is 5.60 Å². The lowest BCUT2D eigenvalue weighted by Crippen LogP contribution is -2.64. The van der Waals surface area contributed by atoms with Crippen molar-refractivity contribution in [1.82, 2.24) is 0 Å². The summed E-state index contributed by atoms with van der Waals surface area (Å²) in [7, 11) is 0. The van der Waals surface area contributed by atoms with E-state index >= 15 is 0 Å². The first-order valence-electron chi connectivity index (χ1n) is 13.1. The summed E-state index contributed by atoms with van der Waals surface area (Å²) in [5.41, 5.74) is 0.262. The van der Waals surface area contributed by atoms with Crippen LogP contribution in [-0.2, 0) is 4.74 Å². The minimum Gasteiger partial charge on any atom is -0.389 e. The third-order valence-corrected chi connectivity index (χ3v) is 11.2. The van der Waals surface area contributed by atoms with Gasteiger partial charge in [-0.3, -0.25) is 0 Å². The molecule has 0 aromatic heterocycles. The quantitative estimate of drug-likeness (QED) is 0.525. The predicted octanol–water partition coefficient (Wildman–Crippen LogP) is 6.60. The van der Waals surface area contributed by atoms with Crippen molar-refractivity contribution in [2.45, 2.75) is 123 Å². The average molecular weight is 403 g/mol. The second-order valence-electron chi connectivity index (χ2n) is 13.0. The molecule has 1 N–H and O–H groups in total. The lowest BCUT2D eigenvalue weighted by atomic mass is 9.42. The molecule has 0 aromatic carbocycles. The van der Waals surface area contributed by atoms with Gasteiger partial charge in [-0.05, 0) is 97.7 Å². The molecule has 1 aliphatic heterocycles. The van der Waals surface area contributed by atoms with Gasteiger partial charge in [-0.25, -0.2) is 0 Å². The van der Waals surface area contributed by atoms with E-state index in [0.29, 0.717) is 34.9 Å². The standard InChI is InChI=1S/C27H46O2/c1-17(2)7-6-8-18(3)20-9-10-23-25(20,4)13-12-24-26(5)16-22-21(29-22)15-19(26)11-14-27(23,24)28/h17-24,28H,6-16H2,1-5H3/t18-,19?,20-,21?,22?,23-,24-,25-,26+,27-/m1/s1. The summed E-state index contributed by atoms with van der Waals surface area (Å²) in [4.78, 5) is 0. The molecule has 5 aliphatic rings. The second kappa shape index (κ2) is 6.96. The Kier molecular flexibility index (Phi) is 4.99. The second-order valence-corrected chi connectivity index (χ2v) is 13.0. The summed E-state index contributed by atoms with van der Waals surface area (Å²) in [6.07, 6.45) is 15.2. The number of ether oxygens (including phenoxy) is 1. The van der Waals surface area contributed by atoms with Gasteiger partial charge in [-0.15, -0.1) is 0 Å². The van der Waals surface area contributed by atoms with Gasteiger partial charge in [-0.2, -0.15) is 0 Å². The largest absolute Gasteiger partial charge is 0.389 e. The van der Waals surface area contributed by atoms with Crippen LogP contribution in [0.3, 0.4) is 0 Å². The van der Waals surface area contributed by atoms with Gasteiger partial charge < -0.3 is 9.84 Å². The zero-order chi connectivity index (χ0) is 20.6. The van der Waals surface area contributed by atoms with Crippen molar-refractivity contribution in [2.75, 3.05) is 0 Å². The minimum absolute atomic E-state index is 0.312. The van der Waals surface area contributed by atoms with Crippen molar-refractivity contribution in [1.29, 1.82) is 0 Å². The van der Waals surface area contributed by atoms with Crippen LogP contribution in [0, 0.1) is 46.3 Å². The van der Waals surface area contributed by atoms with Crippen molar-refractivity contribution < 1.29 is 9.84 Å². The number of hydrogen-bond acceptors (Lipinski definition) is 2. The molecule has 0 amide bonds. The van der Waals surface area contributed by atoms with Gasteiger partial charge in [0.25, 0.3) is 0 Å². The minimum atomic E-state index is -0.410. The molecule has 10 atom stereocenters. The highest BCUT2D eigenvalue weighted by Gasteiger charge is 2.68. The third-order valence-electron chi connectivity index (χ3n) is 11.2. The molecule has 2 heteroatoms. The molecule has 3 unspecified atom stereocenters. The maximum absolute atomic E-state index is 12.3. The molecule has 5 rings (SSSR count). The fraction of sp³-hybridized carbons (Fsp3) is 1.00. The summed E-state index contributed by atoms with van der Waals surface area (Å²) in [6.45, 7) is 12.3. The smallest absolute Gasteiger partial charge is 0.0847 e. The number of hydrogen-bond donors (Lipinski definition) is 1. The van der Waals surface area contributed by atoms with E-state index in [1.54, 1.807) is 0 Å². The molecule has 2 nitrogen and oxygen atoms in total. The van der Waals surface area contributed by atoms with E-state index in [1.165, 1.54) is 64.2 Å². The van der Waals surface area contributed by atoms with Crippen molar-refractivity contribution in [2.24, 2.45) is 46.3 Å². The fourth-order valence-corrected chi connectivity index (χ4v) is 9.62. The van der Waals surface area contributed by atoms with E-state index in [4.69, 9.17) is 4.74 Å². The van der Waals surface area contributed by atoms with Gasteiger partial charge in [0.2, 0.25) is 0 Å². The summed E-state index contributed by atoms with van der Waals surface area (Å²) in [6, 6.07) is 0. The molecule has 0 radical (unpaired) electrons. The Balaban J connectivity index is 1.35. The Morgan fingerprint density at radius 1 is 0.897 bits per heavy atom. The number of fused-ring (bicyclic) bond motifs is 6. The van der Waals surface area contributed by atoms with Gasteiger partial charge in [-0.1, -0.05) is 53.9 Å². The van der Waals surface area contributed by atoms with E-state index in [1.807, 2.05) is 0 Å². The maximum Gasteiger partial charge on any atom is 0.0847 e. The van der Waals surface area contributed by atoms with Crippen molar-refractivity contribution in [3.05, 3.63) is 0 Å². The zero-order valence-electron chi connectivity index (χ0n) is 19.8. The van der Waals surface area contributed by atoms with Crippen molar-refractivity contribution in [3.63, 3.8) is 0 Å². The number of rotatable bonds is 5. The molecule has 0 spiro atoms. The zero-order valence-corrected chi connectivity index (χ0v) is 19.8. The molecule has 1 saturated heterocycles. The Hall–Kier alpha value is -0.0800. The summed E-state index contributed by atoms with van der Waals surface area (Å²) in [5, 5.41) is 12.3. The van der Waals surface area contributed by atoms with E-state index in [0.717, 1.165) is 30.1 Å². The van der Waals surface area contributed by atoms with Crippen molar-refractivity contribution in [3.8, 4) is 0 Å². The van der Waals surface area contributed by atoms with Gasteiger partial charge in [0.05, 0.1) is 17.8 Å². The summed E-state index contributed by atoms with van der Waals surface area (Å²) >= 11 is 0. The monoisotopic (exact) mass is 402 g/mol. The Morgan fingerprint density at radius 3 is 2.41 bits per heavy atom. The van der Waals surface area contributed by atoms with Crippen LogP contribution in [0.25, 0.3) is 0 Å². The molecule has 29 heavy (non-hydrogen) atoms. The van der Waals surface area contributed by atoms with Crippen LogP contribution in [-0.4, -0.2) is 22.9 Å². The molecular weight excluding hydrogens is 356 g/mol. The molecule has 166 valence electrons. The van der Waals surface area contributed by atoms with Crippen LogP contribution in [0.5, 0.6) is 0 Å². The van der Waals surface area contributed by atoms with Crippen LogP contribution < -0.4 is 0 Å². The highest BCUT2D eigenvalue weighted by Crippen LogP contribution is 2.70. The predicted molar refractivity (Wildman–Crippen MR) is 119 cm³/mol. The average Bonchev–Trinajstić information content (AvgIpc) is 3.28. The topological polar surface area (TPSA) is 32.8 Å². The molecular formula is C27H46O2. The van der Waals surface area contributed by atoms with Crippen LogP contribution in [0.4, 0.5) is 0 Å². The lowest BCUT2D eigenvalue weighted by Gasteiger charge is -2.64. The molecule has 0 aromatic rings. The maximum atomic E-state index is 12.3. The molecule has 4 aliphatic carbocycles. The Bertz CT molecular complexity index is 630. The van der Waals surface area contributed by atoms with Crippen LogP contribution in [0.15, 0.2) is 0 Å². The van der Waals surface area contributed by atoms with Gasteiger partial charge >= 0.3 is 0 Å². The van der Waals surface area contributed by atoms with Crippen LogP contribution in [0.1, 0.15) is 105 Å². The Labute approximate surface area is 179 Å². The SMILES string of the molecule is CC(C)CCC[C@@H](C)[C@H]1CC[C@@H]2[C@]1(C)CC[C@H]1[C@@]2(O)CCC2CC3OC3C[C@@]21C. The van der Waals surface area contributed by atoms with E-state index in [-0.39, 0.29) is 0 Å². The highest BCUT2D eigenvalue weighted by atomic mass is 16.6. The normalized spacial score (nSPS) is 54.3. The van der Waals surface area contributed by atoms with E-state index in [2.05, 4.69) is 34.6 Å². The Morgan fingerprint density at radius 2 is 1.66 bits per heavy atom. The van der Waals surface area contributed by atoms with Crippen molar-refractivity contribution >= 4 is 0 Å².